The van der Waals surface area contributed by atoms with Gasteiger partial charge in [-0.1, -0.05) is 52.3 Å². The summed E-state index contributed by atoms with van der Waals surface area (Å²) in [6, 6.07) is 7.52. The topological polar surface area (TPSA) is 43.4 Å². The standard InChI is InChI=1S/C17H19BrO3/c1-2-21-16(20)17(10-5-6-12-18)11-9-13-7-3-4-8-14(13)15(17)19/h3-8H,2,9-12H2,1H3. The molecule has 1 aliphatic carbocycles. The fourth-order valence-corrected chi connectivity index (χ4v) is 3.03. The Morgan fingerprint density at radius 1 is 1.38 bits per heavy atom. The van der Waals surface area contributed by atoms with Gasteiger partial charge in [-0.25, -0.2) is 0 Å². The molecule has 1 atom stereocenters. The van der Waals surface area contributed by atoms with Crippen LogP contribution in [-0.2, 0) is 16.0 Å². The number of rotatable bonds is 5. The predicted octanol–water partition coefficient (Wildman–Crippen LogP) is 3.71. The van der Waals surface area contributed by atoms with Gasteiger partial charge in [0.15, 0.2) is 5.78 Å². The van der Waals surface area contributed by atoms with Gasteiger partial charge in [-0.3, -0.25) is 9.59 Å². The zero-order valence-electron chi connectivity index (χ0n) is 12.1. The van der Waals surface area contributed by atoms with E-state index >= 15 is 0 Å². The molecule has 0 aromatic heterocycles. The quantitative estimate of drug-likeness (QED) is 0.352. The predicted molar refractivity (Wildman–Crippen MR) is 85.7 cm³/mol. The molecule has 1 aromatic rings. The Morgan fingerprint density at radius 3 is 2.86 bits per heavy atom. The van der Waals surface area contributed by atoms with Crippen LogP contribution in [0.5, 0.6) is 0 Å². The van der Waals surface area contributed by atoms with Gasteiger partial charge >= 0.3 is 5.97 Å². The van der Waals surface area contributed by atoms with Crippen molar-refractivity contribution in [2.45, 2.75) is 26.2 Å². The zero-order valence-corrected chi connectivity index (χ0v) is 13.7. The lowest BCUT2D eigenvalue weighted by atomic mass is 9.68. The summed E-state index contributed by atoms with van der Waals surface area (Å²) in [6.45, 7) is 2.05. The number of fused-ring (bicyclic) bond motifs is 1. The number of allylic oxidation sites excluding steroid dienone is 2. The summed E-state index contributed by atoms with van der Waals surface area (Å²) in [5, 5.41) is 0.705. The number of Topliss-reactive ketones (excluding diaryl/α,β-unsaturated/α-hetero) is 1. The first kappa shape index (κ1) is 16.0. The number of aryl methyl sites for hydroxylation is 1. The van der Waals surface area contributed by atoms with E-state index in [4.69, 9.17) is 4.74 Å². The van der Waals surface area contributed by atoms with Crippen LogP contribution >= 0.6 is 15.9 Å². The van der Waals surface area contributed by atoms with E-state index in [2.05, 4.69) is 15.9 Å². The van der Waals surface area contributed by atoms with Gasteiger partial charge in [-0.05, 0) is 31.7 Å². The molecular formula is C17H19BrO3. The third-order valence-electron chi connectivity index (χ3n) is 3.91. The largest absolute Gasteiger partial charge is 0.465 e. The molecule has 4 heteroatoms. The van der Waals surface area contributed by atoms with Crippen molar-refractivity contribution in [3.8, 4) is 0 Å². The molecule has 0 saturated carbocycles. The molecule has 3 nitrogen and oxygen atoms in total. The first-order valence-corrected chi connectivity index (χ1v) is 8.28. The van der Waals surface area contributed by atoms with E-state index < -0.39 is 11.4 Å². The van der Waals surface area contributed by atoms with Gasteiger partial charge in [-0.15, -0.1) is 0 Å². The van der Waals surface area contributed by atoms with E-state index in [0.717, 1.165) is 12.0 Å². The number of esters is 1. The molecule has 0 N–H and O–H groups in total. The number of ether oxygens (including phenoxy) is 1. The highest BCUT2D eigenvalue weighted by atomic mass is 79.9. The maximum atomic E-state index is 12.9. The molecule has 0 bridgehead atoms. The fourth-order valence-electron chi connectivity index (χ4n) is 2.77. The maximum absolute atomic E-state index is 12.9. The van der Waals surface area contributed by atoms with Gasteiger partial charge in [0.2, 0.25) is 0 Å². The van der Waals surface area contributed by atoms with Crippen LogP contribution in [-0.4, -0.2) is 23.7 Å². The number of carbonyl (C=O) groups is 2. The molecule has 0 heterocycles. The summed E-state index contributed by atoms with van der Waals surface area (Å²) in [6.07, 6.45) is 5.42. The summed E-state index contributed by atoms with van der Waals surface area (Å²) in [7, 11) is 0. The van der Waals surface area contributed by atoms with Crippen LogP contribution in [0.3, 0.4) is 0 Å². The highest BCUT2D eigenvalue weighted by molar-refractivity contribution is 9.09. The van der Waals surface area contributed by atoms with Gasteiger partial charge < -0.3 is 4.74 Å². The van der Waals surface area contributed by atoms with Crippen molar-refractivity contribution >= 4 is 27.7 Å². The second-order valence-corrected chi connectivity index (χ2v) is 5.77. The van der Waals surface area contributed by atoms with Gasteiger partial charge in [0.25, 0.3) is 0 Å². The summed E-state index contributed by atoms with van der Waals surface area (Å²) in [5.74, 6) is -0.509. The smallest absolute Gasteiger partial charge is 0.320 e. The van der Waals surface area contributed by atoms with E-state index in [1.807, 2.05) is 30.4 Å². The Labute approximate surface area is 133 Å². The van der Waals surface area contributed by atoms with E-state index in [1.54, 1.807) is 13.0 Å². The van der Waals surface area contributed by atoms with Crippen molar-refractivity contribution in [3.63, 3.8) is 0 Å². The van der Waals surface area contributed by atoms with Gasteiger partial charge in [0.05, 0.1) is 6.61 Å². The van der Waals surface area contributed by atoms with Crippen molar-refractivity contribution in [1.29, 1.82) is 0 Å². The molecule has 2 rings (SSSR count). The molecule has 112 valence electrons. The lowest BCUT2D eigenvalue weighted by Crippen LogP contribution is -2.43. The Bertz CT molecular complexity index is 565. The second kappa shape index (κ2) is 7.03. The number of halogens is 1. The molecule has 21 heavy (non-hydrogen) atoms. The average molecular weight is 351 g/mol. The summed E-state index contributed by atoms with van der Waals surface area (Å²) < 4.78 is 5.20. The highest BCUT2D eigenvalue weighted by Gasteiger charge is 2.48. The third-order valence-corrected chi connectivity index (χ3v) is 4.28. The molecule has 0 spiro atoms. The van der Waals surface area contributed by atoms with Crippen molar-refractivity contribution in [2.24, 2.45) is 5.41 Å². The first-order valence-electron chi connectivity index (χ1n) is 7.16. The summed E-state index contributed by atoms with van der Waals surface area (Å²) in [4.78, 5) is 25.3. The van der Waals surface area contributed by atoms with Gasteiger partial charge in [0, 0.05) is 10.9 Å². The molecular weight excluding hydrogens is 332 g/mol. The van der Waals surface area contributed by atoms with Crippen molar-refractivity contribution < 1.29 is 14.3 Å². The number of benzene rings is 1. The number of alkyl halides is 1. The Hall–Kier alpha value is -1.42. The van der Waals surface area contributed by atoms with Crippen LogP contribution in [0.25, 0.3) is 0 Å². The fraction of sp³-hybridized carbons (Fsp3) is 0.412. The highest BCUT2D eigenvalue weighted by Crippen LogP contribution is 2.40. The minimum Gasteiger partial charge on any atom is -0.465 e. The molecule has 1 aliphatic rings. The maximum Gasteiger partial charge on any atom is 0.320 e. The summed E-state index contributed by atoms with van der Waals surface area (Å²) >= 11 is 3.31. The summed E-state index contributed by atoms with van der Waals surface area (Å²) in [5.41, 5.74) is 0.610. The molecule has 0 fully saturated rings. The molecule has 0 saturated heterocycles. The molecule has 0 amide bonds. The minimum absolute atomic E-state index is 0.109. The van der Waals surface area contributed by atoms with Gasteiger partial charge in [-0.2, -0.15) is 0 Å². The van der Waals surface area contributed by atoms with Crippen LogP contribution in [0.15, 0.2) is 36.4 Å². The number of carbonyl (C=O) groups excluding carboxylic acids is 2. The molecule has 0 radical (unpaired) electrons. The van der Waals surface area contributed by atoms with Crippen LogP contribution in [0, 0.1) is 5.41 Å². The van der Waals surface area contributed by atoms with Crippen molar-refractivity contribution in [3.05, 3.63) is 47.5 Å². The van der Waals surface area contributed by atoms with E-state index in [0.29, 0.717) is 23.7 Å². The van der Waals surface area contributed by atoms with E-state index in [-0.39, 0.29) is 12.4 Å². The van der Waals surface area contributed by atoms with E-state index in [9.17, 15) is 9.59 Å². The van der Waals surface area contributed by atoms with Crippen LogP contribution < -0.4 is 0 Å². The number of hydrogen-bond donors (Lipinski definition) is 0. The second-order valence-electron chi connectivity index (χ2n) is 5.12. The normalized spacial score (nSPS) is 21.3. The van der Waals surface area contributed by atoms with Crippen molar-refractivity contribution in [2.75, 3.05) is 11.9 Å². The Balaban J connectivity index is 2.39. The lowest BCUT2D eigenvalue weighted by molar-refractivity contribution is -0.152. The van der Waals surface area contributed by atoms with Crippen LogP contribution in [0.2, 0.25) is 0 Å². The molecule has 1 unspecified atom stereocenters. The van der Waals surface area contributed by atoms with E-state index in [1.165, 1.54) is 0 Å². The minimum atomic E-state index is -1.07. The lowest BCUT2D eigenvalue weighted by Gasteiger charge is -2.33. The SMILES string of the molecule is CCOC(=O)C1(CC=CCBr)CCc2ccccc2C1=O. The monoisotopic (exact) mass is 350 g/mol. The van der Waals surface area contributed by atoms with Crippen molar-refractivity contribution in [1.82, 2.24) is 0 Å². The van der Waals surface area contributed by atoms with Crippen LogP contribution in [0.1, 0.15) is 35.7 Å². The third kappa shape index (κ3) is 3.10. The Morgan fingerprint density at radius 2 is 2.14 bits per heavy atom. The van der Waals surface area contributed by atoms with Gasteiger partial charge in [0.1, 0.15) is 5.41 Å². The first-order chi connectivity index (χ1) is 10.2. The number of hydrogen-bond acceptors (Lipinski definition) is 3. The van der Waals surface area contributed by atoms with Crippen LogP contribution in [0.4, 0.5) is 0 Å². The number of ketones is 1. The Kier molecular flexibility index (Phi) is 5.34. The average Bonchev–Trinajstić information content (AvgIpc) is 2.50. The molecule has 1 aromatic carbocycles. The zero-order chi connectivity index (χ0) is 15.3. The molecule has 0 aliphatic heterocycles.